The van der Waals surface area contributed by atoms with Gasteiger partial charge in [0.25, 0.3) is 0 Å². The maximum absolute atomic E-state index is 9.41. The van der Waals surface area contributed by atoms with Gasteiger partial charge in [-0.3, -0.25) is 0 Å². The van der Waals surface area contributed by atoms with Gasteiger partial charge >= 0.3 is 0 Å². The number of hydrogen-bond donors (Lipinski definition) is 2. The molecule has 104 valence electrons. The van der Waals surface area contributed by atoms with Gasteiger partial charge in [-0.25, -0.2) is 0 Å². The number of aromatic hydroxyl groups is 2. The summed E-state index contributed by atoms with van der Waals surface area (Å²) in [7, 11) is 0. The Morgan fingerprint density at radius 3 is 1.90 bits per heavy atom. The molecule has 2 N–H and O–H groups in total. The van der Waals surface area contributed by atoms with Crippen molar-refractivity contribution in [3.8, 4) is 11.5 Å². The van der Waals surface area contributed by atoms with Gasteiger partial charge in [0.2, 0.25) is 0 Å². The minimum atomic E-state index is 0.280. The lowest BCUT2D eigenvalue weighted by Gasteiger charge is -2.20. The lowest BCUT2D eigenvalue weighted by molar-refractivity contribution is 0.474. The molecule has 0 saturated carbocycles. The molecule has 0 radical (unpaired) electrons. The Bertz CT molecular complexity index is 580. The first-order valence-electron chi connectivity index (χ1n) is 6.90. The second kappa shape index (κ2) is 6.29. The number of allylic oxidation sites excluding steroid dienone is 2. The first kappa shape index (κ1) is 14.2. The van der Waals surface area contributed by atoms with E-state index in [0.29, 0.717) is 0 Å². The number of hydrogen-bond acceptors (Lipinski definition) is 2. The summed E-state index contributed by atoms with van der Waals surface area (Å²) in [6, 6.07) is 14.7. The predicted molar refractivity (Wildman–Crippen MR) is 82.9 cm³/mol. The van der Waals surface area contributed by atoms with E-state index in [2.05, 4.69) is 13.0 Å². The van der Waals surface area contributed by atoms with Crippen LogP contribution in [0.1, 0.15) is 37.3 Å². The molecular weight excluding hydrogens is 248 g/mol. The van der Waals surface area contributed by atoms with Gasteiger partial charge in [-0.2, -0.15) is 0 Å². The van der Waals surface area contributed by atoms with Gasteiger partial charge in [0.1, 0.15) is 11.5 Å². The van der Waals surface area contributed by atoms with Crippen LogP contribution in [0.15, 0.2) is 54.6 Å². The Morgan fingerprint density at radius 1 is 0.950 bits per heavy atom. The summed E-state index contributed by atoms with van der Waals surface area (Å²) in [6.45, 7) is 4.19. The van der Waals surface area contributed by atoms with Crippen molar-refractivity contribution in [2.75, 3.05) is 0 Å². The van der Waals surface area contributed by atoms with Gasteiger partial charge in [0, 0.05) is 5.92 Å². The monoisotopic (exact) mass is 268 g/mol. The van der Waals surface area contributed by atoms with Crippen molar-refractivity contribution in [2.24, 2.45) is 0 Å². The first-order valence-corrected chi connectivity index (χ1v) is 6.90. The molecule has 0 aliphatic rings. The largest absolute Gasteiger partial charge is 0.508 e. The summed E-state index contributed by atoms with van der Waals surface area (Å²) in [5.74, 6) is 0.849. The average Bonchev–Trinajstić information content (AvgIpc) is 2.47. The van der Waals surface area contributed by atoms with Crippen molar-refractivity contribution in [1.82, 2.24) is 0 Å². The Morgan fingerprint density at radius 2 is 1.45 bits per heavy atom. The van der Waals surface area contributed by atoms with Crippen molar-refractivity contribution in [3.63, 3.8) is 0 Å². The molecule has 2 aromatic rings. The van der Waals surface area contributed by atoms with Gasteiger partial charge in [-0.1, -0.05) is 37.3 Å². The first-order chi connectivity index (χ1) is 9.65. The van der Waals surface area contributed by atoms with Crippen molar-refractivity contribution >= 4 is 5.57 Å². The molecule has 0 saturated heterocycles. The second-order valence-corrected chi connectivity index (χ2v) is 4.84. The summed E-state index contributed by atoms with van der Waals surface area (Å²) in [4.78, 5) is 0. The third-order valence-corrected chi connectivity index (χ3v) is 3.59. The van der Waals surface area contributed by atoms with Gasteiger partial charge in [0.15, 0.2) is 0 Å². The van der Waals surface area contributed by atoms with Crippen LogP contribution in [-0.2, 0) is 0 Å². The van der Waals surface area contributed by atoms with Crippen molar-refractivity contribution < 1.29 is 10.2 Å². The van der Waals surface area contributed by atoms with Crippen LogP contribution in [0.3, 0.4) is 0 Å². The van der Waals surface area contributed by atoms with Gasteiger partial charge < -0.3 is 10.2 Å². The van der Waals surface area contributed by atoms with Crippen LogP contribution in [-0.4, -0.2) is 10.2 Å². The summed E-state index contributed by atoms with van der Waals surface area (Å²) >= 11 is 0. The summed E-state index contributed by atoms with van der Waals surface area (Å²) < 4.78 is 0. The van der Waals surface area contributed by atoms with Crippen molar-refractivity contribution in [1.29, 1.82) is 0 Å². The minimum Gasteiger partial charge on any atom is -0.508 e. The Balaban J connectivity index is 2.38. The van der Waals surface area contributed by atoms with Crippen molar-refractivity contribution in [2.45, 2.75) is 26.2 Å². The Hall–Kier alpha value is -2.22. The normalized spacial score (nSPS) is 13.2. The molecule has 0 aliphatic carbocycles. The van der Waals surface area contributed by atoms with E-state index in [4.69, 9.17) is 0 Å². The summed E-state index contributed by atoms with van der Waals surface area (Å²) in [5.41, 5.74) is 3.54. The number of benzene rings is 2. The number of rotatable bonds is 4. The van der Waals surface area contributed by atoms with E-state index >= 15 is 0 Å². The highest BCUT2D eigenvalue weighted by atomic mass is 16.3. The van der Waals surface area contributed by atoms with Crippen LogP contribution in [0.4, 0.5) is 0 Å². The molecule has 20 heavy (non-hydrogen) atoms. The lowest BCUT2D eigenvalue weighted by atomic mass is 9.84. The predicted octanol–water partition coefficient (Wildman–Crippen LogP) is 4.69. The zero-order chi connectivity index (χ0) is 14.5. The summed E-state index contributed by atoms with van der Waals surface area (Å²) in [6.07, 6.45) is 3.10. The molecule has 0 aromatic heterocycles. The Kier molecular flexibility index (Phi) is 4.46. The van der Waals surface area contributed by atoms with Gasteiger partial charge in [-0.15, -0.1) is 0 Å². The van der Waals surface area contributed by atoms with Crippen LogP contribution >= 0.6 is 0 Å². The maximum atomic E-state index is 9.41. The molecule has 0 aliphatic heterocycles. The van der Waals surface area contributed by atoms with Crippen LogP contribution in [0.25, 0.3) is 5.57 Å². The van der Waals surface area contributed by atoms with Crippen LogP contribution < -0.4 is 0 Å². The fourth-order valence-electron chi connectivity index (χ4n) is 2.56. The van der Waals surface area contributed by atoms with Crippen LogP contribution in [0.2, 0.25) is 0 Å². The van der Waals surface area contributed by atoms with E-state index in [1.807, 2.05) is 31.2 Å². The maximum Gasteiger partial charge on any atom is 0.115 e. The highest BCUT2D eigenvalue weighted by Gasteiger charge is 2.15. The lowest BCUT2D eigenvalue weighted by Crippen LogP contribution is -2.01. The number of phenols is 2. The molecule has 2 rings (SSSR count). The van der Waals surface area contributed by atoms with E-state index in [0.717, 1.165) is 12.0 Å². The molecule has 2 nitrogen and oxygen atoms in total. The van der Waals surface area contributed by atoms with E-state index in [-0.39, 0.29) is 17.4 Å². The fourth-order valence-corrected chi connectivity index (χ4v) is 2.56. The highest BCUT2D eigenvalue weighted by molar-refractivity contribution is 5.71. The third kappa shape index (κ3) is 3.02. The van der Waals surface area contributed by atoms with Crippen LogP contribution in [0.5, 0.6) is 11.5 Å². The highest BCUT2D eigenvalue weighted by Crippen LogP contribution is 2.35. The molecule has 0 amide bonds. The SMILES string of the molecule is C/C=C(\c1ccc(O)cc1)C(CC)c1ccc(O)cc1. The standard InChI is InChI=1S/C18H20O2/c1-3-17(13-5-9-15(19)10-6-13)18(4-2)14-7-11-16(20)12-8-14/h3,5-12,18-20H,4H2,1-2H3/b17-3+. The quantitative estimate of drug-likeness (QED) is 0.844. The Labute approximate surface area is 120 Å². The molecule has 2 heteroatoms. The summed E-state index contributed by atoms with van der Waals surface area (Å²) in [5, 5.41) is 18.8. The van der Waals surface area contributed by atoms with E-state index in [9.17, 15) is 10.2 Å². The van der Waals surface area contributed by atoms with Crippen molar-refractivity contribution in [3.05, 3.63) is 65.7 Å². The molecular formula is C18H20O2. The van der Waals surface area contributed by atoms with Gasteiger partial charge in [0.05, 0.1) is 0 Å². The second-order valence-electron chi connectivity index (χ2n) is 4.84. The van der Waals surface area contributed by atoms with Gasteiger partial charge in [-0.05, 0) is 54.3 Å². The smallest absolute Gasteiger partial charge is 0.115 e. The minimum absolute atomic E-state index is 0.280. The molecule has 1 unspecified atom stereocenters. The molecule has 0 bridgehead atoms. The zero-order valence-electron chi connectivity index (χ0n) is 11.9. The molecule has 0 fully saturated rings. The fraction of sp³-hybridized carbons (Fsp3) is 0.222. The molecule has 2 aromatic carbocycles. The van der Waals surface area contributed by atoms with E-state index in [1.165, 1.54) is 11.1 Å². The van der Waals surface area contributed by atoms with E-state index in [1.54, 1.807) is 24.3 Å². The van der Waals surface area contributed by atoms with Crippen LogP contribution in [0, 0.1) is 0 Å². The number of phenolic OH excluding ortho intramolecular Hbond substituents is 2. The van der Waals surface area contributed by atoms with E-state index < -0.39 is 0 Å². The molecule has 0 heterocycles. The zero-order valence-corrected chi connectivity index (χ0v) is 11.9. The average molecular weight is 268 g/mol. The third-order valence-electron chi connectivity index (χ3n) is 3.59. The topological polar surface area (TPSA) is 40.5 Å². The molecule has 1 atom stereocenters. The molecule has 0 spiro atoms.